The number of rotatable bonds is 5. The smallest absolute Gasteiger partial charge is 0.333 e. The molecule has 0 saturated carbocycles. The summed E-state index contributed by atoms with van der Waals surface area (Å²) in [6.45, 7) is 1.95. The molecule has 0 aromatic heterocycles. The summed E-state index contributed by atoms with van der Waals surface area (Å²) in [6.07, 6.45) is 0.219. The van der Waals surface area contributed by atoms with Gasteiger partial charge in [0.2, 0.25) is 5.91 Å². The molecule has 1 amide bonds. The summed E-state index contributed by atoms with van der Waals surface area (Å²) >= 11 is 3.35. The molecule has 0 radical (unpaired) electrons. The molecule has 0 saturated heterocycles. The Labute approximate surface area is 144 Å². The molecule has 0 heterocycles. The minimum Gasteiger partial charge on any atom is -0.467 e. The first-order chi connectivity index (χ1) is 11.0. The molecule has 1 atom stereocenters. The Kier molecular flexibility index (Phi) is 5.93. The van der Waals surface area contributed by atoms with Gasteiger partial charge in [-0.15, -0.1) is 0 Å². The van der Waals surface area contributed by atoms with Crippen LogP contribution in [-0.4, -0.2) is 19.0 Å². The summed E-state index contributed by atoms with van der Waals surface area (Å²) in [6, 6.07) is 14.1. The number of halogens is 1. The average Bonchev–Trinajstić information content (AvgIpc) is 2.55. The van der Waals surface area contributed by atoms with E-state index in [0.717, 1.165) is 15.6 Å². The fraction of sp³-hybridized carbons (Fsp3) is 0.222. The van der Waals surface area contributed by atoms with Crippen LogP contribution in [0.15, 0.2) is 53.0 Å². The van der Waals surface area contributed by atoms with Crippen LogP contribution in [0.2, 0.25) is 0 Å². The molecule has 23 heavy (non-hydrogen) atoms. The van der Waals surface area contributed by atoms with Crippen molar-refractivity contribution in [1.29, 1.82) is 0 Å². The second-order valence-corrected chi connectivity index (χ2v) is 6.09. The minimum atomic E-state index is -0.815. The van der Waals surface area contributed by atoms with Crippen LogP contribution in [0, 0.1) is 6.92 Å². The van der Waals surface area contributed by atoms with E-state index in [1.807, 2.05) is 43.3 Å². The van der Waals surface area contributed by atoms with Crippen molar-refractivity contribution in [2.24, 2.45) is 0 Å². The topological polar surface area (TPSA) is 55.4 Å². The number of nitrogens with one attached hydrogen (secondary N) is 1. The van der Waals surface area contributed by atoms with Crippen LogP contribution in [0.4, 0.5) is 0 Å². The van der Waals surface area contributed by atoms with Crippen molar-refractivity contribution in [3.05, 3.63) is 69.7 Å². The zero-order valence-corrected chi connectivity index (χ0v) is 14.6. The van der Waals surface area contributed by atoms with E-state index in [9.17, 15) is 9.59 Å². The average molecular weight is 376 g/mol. The highest BCUT2D eigenvalue weighted by molar-refractivity contribution is 9.10. The number of benzene rings is 2. The molecule has 0 aliphatic rings. The summed E-state index contributed by atoms with van der Waals surface area (Å²) < 4.78 is 5.71. The normalized spacial score (nSPS) is 11.6. The SMILES string of the molecule is COC(=O)C(NC(=O)Cc1ccccc1C)c1ccc(Br)cc1. The van der Waals surface area contributed by atoms with E-state index in [1.54, 1.807) is 12.1 Å². The second-order valence-electron chi connectivity index (χ2n) is 5.18. The maximum Gasteiger partial charge on any atom is 0.333 e. The van der Waals surface area contributed by atoms with Gasteiger partial charge in [-0.1, -0.05) is 52.3 Å². The van der Waals surface area contributed by atoms with Crippen molar-refractivity contribution < 1.29 is 14.3 Å². The maximum atomic E-state index is 12.3. The van der Waals surface area contributed by atoms with E-state index in [2.05, 4.69) is 21.2 Å². The van der Waals surface area contributed by atoms with Crippen molar-refractivity contribution in [2.75, 3.05) is 7.11 Å². The van der Waals surface area contributed by atoms with Gasteiger partial charge in [-0.3, -0.25) is 4.79 Å². The summed E-state index contributed by atoms with van der Waals surface area (Å²) in [5.41, 5.74) is 2.66. The molecule has 5 heteroatoms. The summed E-state index contributed by atoms with van der Waals surface area (Å²) in [4.78, 5) is 24.3. The molecule has 2 aromatic rings. The Morgan fingerprint density at radius 3 is 2.39 bits per heavy atom. The molecule has 4 nitrogen and oxygen atoms in total. The van der Waals surface area contributed by atoms with Gasteiger partial charge in [-0.25, -0.2) is 4.79 Å². The first kappa shape index (κ1) is 17.2. The summed E-state index contributed by atoms with van der Waals surface area (Å²) in [5, 5.41) is 2.75. The van der Waals surface area contributed by atoms with Crippen molar-refractivity contribution in [1.82, 2.24) is 5.32 Å². The lowest BCUT2D eigenvalue weighted by molar-refractivity contribution is -0.145. The zero-order valence-electron chi connectivity index (χ0n) is 13.0. The fourth-order valence-corrected chi connectivity index (χ4v) is 2.51. The Hall–Kier alpha value is -2.14. The lowest BCUT2D eigenvalue weighted by Gasteiger charge is -2.17. The van der Waals surface area contributed by atoms with Crippen molar-refractivity contribution >= 4 is 27.8 Å². The lowest BCUT2D eigenvalue weighted by atomic mass is 10.0. The van der Waals surface area contributed by atoms with Gasteiger partial charge in [0.1, 0.15) is 0 Å². The number of hydrogen-bond acceptors (Lipinski definition) is 3. The van der Waals surface area contributed by atoms with Crippen LogP contribution in [0.25, 0.3) is 0 Å². The number of aryl methyl sites for hydroxylation is 1. The molecule has 1 unspecified atom stereocenters. The predicted octanol–water partition coefficient (Wildman–Crippen LogP) is 3.33. The Balaban J connectivity index is 2.14. The third-order valence-electron chi connectivity index (χ3n) is 3.56. The monoisotopic (exact) mass is 375 g/mol. The van der Waals surface area contributed by atoms with Crippen molar-refractivity contribution in [2.45, 2.75) is 19.4 Å². The molecule has 1 N–H and O–H groups in total. The van der Waals surface area contributed by atoms with Gasteiger partial charge in [-0.05, 0) is 35.7 Å². The number of methoxy groups -OCH3 is 1. The molecule has 0 bridgehead atoms. The Morgan fingerprint density at radius 2 is 1.78 bits per heavy atom. The van der Waals surface area contributed by atoms with Gasteiger partial charge in [-0.2, -0.15) is 0 Å². The minimum absolute atomic E-state index is 0.219. The van der Waals surface area contributed by atoms with Crippen LogP contribution in [-0.2, 0) is 20.7 Å². The van der Waals surface area contributed by atoms with Gasteiger partial charge < -0.3 is 10.1 Å². The molecular weight excluding hydrogens is 358 g/mol. The molecule has 120 valence electrons. The standard InChI is InChI=1S/C18H18BrNO3/c1-12-5-3-4-6-14(12)11-16(21)20-17(18(22)23-2)13-7-9-15(19)10-8-13/h3-10,17H,11H2,1-2H3,(H,20,21). The van der Waals surface area contributed by atoms with Crippen LogP contribution in [0.3, 0.4) is 0 Å². The number of carbonyl (C=O) groups excluding carboxylic acids is 2. The number of carbonyl (C=O) groups is 2. The first-order valence-corrected chi connectivity index (χ1v) is 7.97. The van der Waals surface area contributed by atoms with Crippen LogP contribution < -0.4 is 5.32 Å². The van der Waals surface area contributed by atoms with Crippen LogP contribution in [0.1, 0.15) is 22.7 Å². The highest BCUT2D eigenvalue weighted by atomic mass is 79.9. The molecule has 2 rings (SSSR count). The van der Waals surface area contributed by atoms with Crippen LogP contribution >= 0.6 is 15.9 Å². The van der Waals surface area contributed by atoms with Crippen molar-refractivity contribution in [3.63, 3.8) is 0 Å². The van der Waals surface area contributed by atoms with Crippen molar-refractivity contribution in [3.8, 4) is 0 Å². The maximum absolute atomic E-state index is 12.3. The summed E-state index contributed by atoms with van der Waals surface area (Å²) in [7, 11) is 1.31. The number of esters is 1. The molecule has 2 aromatic carbocycles. The quantitative estimate of drug-likeness (QED) is 0.815. The highest BCUT2D eigenvalue weighted by Crippen LogP contribution is 2.18. The van der Waals surface area contributed by atoms with E-state index in [0.29, 0.717) is 5.56 Å². The Bertz CT molecular complexity index is 698. The number of amides is 1. The van der Waals surface area contributed by atoms with Crippen LogP contribution in [0.5, 0.6) is 0 Å². The highest BCUT2D eigenvalue weighted by Gasteiger charge is 2.23. The predicted molar refractivity (Wildman–Crippen MR) is 91.9 cm³/mol. The molecular formula is C18H18BrNO3. The van der Waals surface area contributed by atoms with Gasteiger partial charge in [0.15, 0.2) is 6.04 Å². The van der Waals surface area contributed by atoms with Gasteiger partial charge in [0.25, 0.3) is 0 Å². The summed E-state index contributed by atoms with van der Waals surface area (Å²) in [5.74, 6) is -0.719. The third-order valence-corrected chi connectivity index (χ3v) is 4.09. The molecule has 0 spiro atoms. The number of hydrogen-bond donors (Lipinski definition) is 1. The largest absolute Gasteiger partial charge is 0.467 e. The first-order valence-electron chi connectivity index (χ1n) is 7.18. The van der Waals surface area contributed by atoms with Gasteiger partial charge in [0.05, 0.1) is 13.5 Å². The zero-order chi connectivity index (χ0) is 16.8. The number of ether oxygens (including phenoxy) is 1. The second kappa shape index (κ2) is 7.92. The van der Waals surface area contributed by atoms with E-state index in [1.165, 1.54) is 7.11 Å². The molecule has 0 fully saturated rings. The van der Waals surface area contributed by atoms with E-state index < -0.39 is 12.0 Å². The van der Waals surface area contributed by atoms with E-state index in [-0.39, 0.29) is 12.3 Å². The van der Waals surface area contributed by atoms with Gasteiger partial charge >= 0.3 is 5.97 Å². The lowest BCUT2D eigenvalue weighted by Crippen LogP contribution is -2.35. The third kappa shape index (κ3) is 4.66. The molecule has 0 aliphatic carbocycles. The van der Waals surface area contributed by atoms with E-state index in [4.69, 9.17) is 4.74 Å². The fourth-order valence-electron chi connectivity index (χ4n) is 2.24. The van der Waals surface area contributed by atoms with Gasteiger partial charge in [0, 0.05) is 4.47 Å². The van der Waals surface area contributed by atoms with E-state index >= 15 is 0 Å². The Morgan fingerprint density at radius 1 is 1.13 bits per heavy atom. The molecule has 0 aliphatic heterocycles.